The van der Waals surface area contributed by atoms with Crippen molar-refractivity contribution in [2.24, 2.45) is 5.73 Å². The Labute approximate surface area is 245 Å². The minimum absolute atomic E-state index is 0.144. The summed E-state index contributed by atoms with van der Waals surface area (Å²) in [5.74, 6) is -2.45. The number of carboxylic acids is 1. The van der Waals surface area contributed by atoms with Crippen molar-refractivity contribution in [3.05, 3.63) is 24.3 Å². The Morgan fingerprint density at radius 3 is 1.95 bits per heavy atom. The number of ether oxygens (including phenoxy) is 2. The number of carbonyl (C=O) groups excluding carboxylic acids is 2. The maximum atomic E-state index is 12.3. The third-order valence-electron chi connectivity index (χ3n) is 5.95. The molecule has 4 N–H and O–H groups in total. The van der Waals surface area contributed by atoms with Gasteiger partial charge >= 0.3 is 25.7 Å². The highest BCUT2D eigenvalue weighted by atomic mass is 31.2. The number of hydrogen-bond donors (Lipinski definition) is 3. The van der Waals surface area contributed by atoms with E-state index in [9.17, 15) is 23.8 Å². The van der Waals surface area contributed by atoms with Crippen LogP contribution in [0.15, 0.2) is 24.3 Å². The summed E-state index contributed by atoms with van der Waals surface area (Å²) in [4.78, 5) is 44.7. The molecule has 0 radical (unpaired) electrons. The highest BCUT2D eigenvalue weighted by molar-refractivity contribution is 7.47. The minimum Gasteiger partial charge on any atom is -0.480 e. The zero-order chi connectivity index (χ0) is 30.8. The number of rotatable bonds is 27. The molecule has 0 aromatic rings. The molecule has 0 aromatic carbocycles. The van der Waals surface area contributed by atoms with Gasteiger partial charge in [-0.25, -0.2) is 4.57 Å². The van der Waals surface area contributed by atoms with Crippen LogP contribution in [0.4, 0.5) is 0 Å². The lowest BCUT2D eigenvalue weighted by molar-refractivity contribution is -0.161. The number of carboxylic acid groups (broad SMARTS) is 1. The highest BCUT2D eigenvalue weighted by Crippen LogP contribution is 2.43. The normalized spacial score (nSPS) is 14.6. The van der Waals surface area contributed by atoms with E-state index in [2.05, 4.69) is 35.8 Å². The minimum atomic E-state index is -4.69. The van der Waals surface area contributed by atoms with E-state index < -0.39 is 51.1 Å². The van der Waals surface area contributed by atoms with Gasteiger partial charge in [-0.2, -0.15) is 0 Å². The molecule has 0 amide bonds. The first-order valence-corrected chi connectivity index (χ1v) is 16.4. The summed E-state index contributed by atoms with van der Waals surface area (Å²) in [5.41, 5.74) is 5.25. The molecule has 0 bridgehead atoms. The monoisotopic (exact) mass is 605 g/mol. The molecule has 0 spiro atoms. The van der Waals surface area contributed by atoms with Gasteiger partial charge in [-0.15, -0.1) is 0 Å². The molecule has 0 saturated carbocycles. The smallest absolute Gasteiger partial charge is 0.472 e. The lowest BCUT2D eigenvalue weighted by Gasteiger charge is -2.20. The van der Waals surface area contributed by atoms with Gasteiger partial charge in [0, 0.05) is 12.8 Å². The van der Waals surface area contributed by atoms with Gasteiger partial charge in [0.2, 0.25) is 0 Å². The number of phosphoric ester groups is 1. The molecule has 0 rings (SSSR count). The van der Waals surface area contributed by atoms with Crippen molar-refractivity contribution in [3.8, 4) is 0 Å². The van der Waals surface area contributed by atoms with Gasteiger partial charge in [0.1, 0.15) is 12.6 Å². The van der Waals surface area contributed by atoms with E-state index in [1.807, 2.05) is 6.92 Å². The van der Waals surface area contributed by atoms with E-state index in [1.165, 1.54) is 19.3 Å². The van der Waals surface area contributed by atoms with Gasteiger partial charge in [-0.05, 0) is 44.9 Å². The molecule has 0 aromatic heterocycles. The highest BCUT2D eigenvalue weighted by Gasteiger charge is 2.28. The molecule has 12 heteroatoms. The Hall–Kier alpha value is -2.04. The molecule has 0 fully saturated rings. The second kappa shape index (κ2) is 25.7. The Morgan fingerprint density at radius 2 is 1.32 bits per heavy atom. The van der Waals surface area contributed by atoms with Crippen LogP contribution < -0.4 is 5.73 Å². The quantitative estimate of drug-likeness (QED) is 0.0434. The molecule has 3 unspecified atom stereocenters. The van der Waals surface area contributed by atoms with Crippen LogP contribution in [0, 0.1) is 0 Å². The summed E-state index contributed by atoms with van der Waals surface area (Å²) in [5, 5.41) is 8.76. The molecule has 0 saturated heterocycles. The van der Waals surface area contributed by atoms with Crippen LogP contribution in [0.2, 0.25) is 0 Å². The van der Waals surface area contributed by atoms with Crippen molar-refractivity contribution in [1.82, 2.24) is 0 Å². The van der Waals surface area contributed by atoms with Gasteiger partial charge in [0.15, 0.2) is 6.10 Å². The maximum absolute atomic E-state index is 12.3. The first-order chi connectivity index (χ1) is 19.6. The van der Waals surface area contributed by atoms with Crippen molar-refractivity contribution >= 4 is 25.7 Å². The van der Waals surface area contributed by atoms with Gasteiger partial charge in [-0.3, -0.25) is 23.4 Å². The second-order valence-corrected chi connectivity index (χ2v) is 11.3. The number of unbranched alkanes of at least 4 members (excludes halogenated alkanes) is 9. The summed E-state index contributed by atoms with van der Waals surface area (Å²) < 4.78 is 31.9. The van der Waals surface area contributed by atoms with Gasteiger partial charge in [-0.1, -0.05) is 76.7 Å². The summed E-state index contributed by atoms with van der Waals surface area (Å²) >= 11 is 0. The SMILES string of the molecule is CCCCC/C=C\C/C=C\CCCCCCCC(=O)OC(COC(=O)CCCC)COP(=O)(O)OCC(N)C(=O)O. The topological polar surface area (TPSA) is 172 Å². The molecule has 0 aliphatic carbocycles. The molecular weight excluding hydrogens is 553 g/mol. The number of allylic oxidation sites excluding steroid dienone is 4. The third-order valence-corrected chi connectivity index (χ3v) is 6.90. The molecule has 3 atom stereocenters. The number of carbonyl (C=O) groups is 3. The number of hydrogen-bond acceptors (Lipinski definition) is 9. The Balaban J connectivity index is 4.35. The second-order valence-electron chi connectivity index (χ2n) is 9.88. The summed E-state index contributed by atoms with van der Waals surface area (Å²) in [7, 11) is -4.69. The van der Waals surface area contributed by atoms with Crippen LogP contribution in [0.5, 0.6) is 0 Å². The summed E-state index contributed by atoms with van der Waals surface area (Å²) in [6.07, 6.45) is 21.1. The van der Waals surface area contributed by atoms with Crippen LogP contribution in [-0.4, -0.2) is 59.9 Å². The Bertz CT molecular complexity index is 817. The first-order valence-electron chi connectivity index (χ1n) is 14.9. The fourth-order valence-corrected chi connectivity index (χ4v) is 4.26. The zero-order valence-corrected chi connectivity index (χ0v) is 25.8. The van der Waals surface area contributed by atoms with Crippen molar-refractivity contribution < 1.29 is 47.5 Å². The van der Waals surface area contributed by atoms with Gasteiger partial charge in [0.05, 0.1) is 13.2 Å². The largest absolute Gasteiger partial charge is 0.480 e. The average Bonchev–Trinajstić information content (AvgIpc) is 2.94. The van der Waals surface area contributed by atoms with Gasteiger partial charge < -0.3 is 25.2 Å². The number of aliphatic carboxylic acids is 1. The number of nitrogens with two attached hydrogens (primary N) is 1. The fourth-order valence-electron chi connectivity index (χ4n) is 3.48. The van der Waals surface area contributed by atoms with E-state index in [0.717, 1.165) is 51.4 Å². The van der Waals surface area contributed by atoms with E-state index in [-0.39, 0.29) is 19.4 Å². The lowest BCUT2D eigenvalue weighted by Crippen LogP contribution is -2.34. The lowest BCUT2D eigenvalue weighted by atomic mass is 10.1. The van der Waals surface area contributed by atoms with Crippen LogP contribution in [0.25, 0.3) is 0 Å². The first kappa shape index (κ1) is 39.0. The average molecular weight is 606 g/mol. The maximum Gasteiger partial charge on any atom is 0.472 e. The van der Waals surface area contributed by atoms with Crippen molar-refractivity contribution in [2.45, 2.75) is 122 Å². The van der Waals surface area contributed by atoms with Crippen LogP contribution >= 0.6 is 7.82 Å². The van der Waals surface area contributed by atoms with E-state index in [4.69, 9.17) is 24.8 Å². The van der Waals surface area contributed by atoms with E-state index >= 15 is 0 Å². The van der Waals surface area contributed by atoms with Gasteiger partial charge in [0.25, 0.3) is 0 Å². The summed E-state index contributed by atoms with van der Waals surface area (Å²) in [6.45, 7) is 2.42. The third kappa shape index (κ3) is 25.4. The molecule has 0 heterocycles. The van der Waals surface area contributed by atoms with Crippen LogP contribution in [0.3, 0.4) is 0 Å². The fraction of sp³-hybridized carbons (Fsp3) is 0.759. The number of phosphoric acid groups is 1. The van der Waals surface area contributed by atoms with Crippen molar-refractivity contribution in [2.75, 3.05) is 19.8 Å². The van der Waals surface area contributed by atoms with Crippen LogP contribution in [-0.2, 0) is 37.5 Å². The standard InChI is InChI=1S/C29H52NO10P/c1-3-5-7-8-9-10-11-12-13-14-15-16-17-18-19-21-28(32)40-25(22-37-27(31)20-6-4-2)23-38-41(35,36)39-24-26(30)29(33)34/h9-10,12-13,25-26H,3-8,11,14-24,30H2,1-2H3,(H,33,34)(H,35,36)/b10-9-,13-12-. The molecule has 11 nitrogen and oxygen atoms in total. The molecule has 0 aliphatic rings. The van der Waals surface area contributed by atoms with E-state index in [0.29, 0.717) is 12.8 Å². The Kier molecular flexibility index (Phi) is 24.4. The van der Waals surface area contributed by atoms with Crippen molar-refractivity contribution in [3.63, 3.8) is 0 Å². The Morgan fingerprint density at radius 1 is 0.756 bits per heavy atom. The van der Waals surface area contributed by atoms with E-state index in [1.54, 1.807) is 0 Å². The zero-order valence-electron chi connectivity index (χ0n) is 24.9. The predicted octanol–water partition coefficient (Wildman–Crippen LogP) is 5.99. The molecule has 41 heavy (non-hydrogen) atoms. The van der Waals surface area contributed by atoms with Crippen LogP contribution in [0.1, 0.15) is 110 Å². The van der Waals surface area contributed by atoms with Crippen molar-refractivity contribution in [1.29, 1.82) is 0 Å². The molecule has 238 valence electrons. The molecule has 0 aliphatic heterocycles. The summed E-state index contributed by atoms with van der Waals surface area (Å²) in [6, 6.07) is -1.52. The number of esters is 2. The molecular formula is C29H52NO10P. The predicted molar refractivity (Wildman–Crippen MR) is 157 cm³/mol.